The number of amides is 1. The van der Waals surface area contributed by atoms with Crippen molar-refractivity contribution in [2.45, 2.75) is 19.1 Å². The molecule has 1 heterocycles. The van der Waals surface area contributed by atoms with E-state index < -0.39 is 18.2 Å². The molecular weight excluding hydrogens is 258 g/mol. The number of carboxylic acids is 1. The summed E-state index contributed by atoms with van der Waals surface area (Å²) in [7, 11) is 0. The molecule has 0 bridgehead atoms. The molecule has 96 valence electrons. The Kier molecular flexibility index (Phi) is 3.72. The molecule has 1 atom stereocenters. The smallest absolute Gasteiger partial charge is 0.410 e. The Balaban J connectivity index is 1.98. The van der Waals surface area contributed by atoms with E-state index in [0.717, 1.165) is 5.56 Å². The third kappa shape index (κ3) is 3.13. The van der Waals surface area contributed by atoms with Crippen LogP contribution in [0.2, 0.25) is 5.02 Å². The minimum Gasteiger partial charge on any atom is -0.481 e. The van der Waals surface area contributed by atoms with Gasteiger partial charge in [0.15, 0.2) is 0 Å². The molecule has 1 saturated heterocycles. The first-order chi connectivity index (χ1) is 8.54. The highest BCUT2D eigenvalue weighted by Crippen LogP contribution is 2.19. The van der Waals surface area contributed by atoms with Crippen LogP contribution in [0.15, 0.2) is 24.3 Å². The molecule has 1 aliphatic rings. The summed E-state index contributed by atoms with van der Waals surface area (Å²) >= 11 is 5.85. The summed E-state index contributed by atoms with van der Waals surface area (Å²) in [6.45, 7) is 0.660. The molecule has 5 nitrogen and oxygen atoms in total. The third-order valence-corrected chi connectivity index (χ3v) is 2.85. The Hall–Kier alpha value is -1.75. The Labute approximate surface area is 109 Å². The molecule has 1 unspecified atom stereocenters. The summed E-state index contributed by atoms with van der Waals surface area (Å²) in [6, 6.07) is 7.16. The lowest BCUT2D eigenvalue weighted by Crippen LogP contribution is -2.25. The molecule has 2 rings (SSSR count). The van der Waals surface area contributed by atoms with Gasteiger partial charge >= 0.3 is 12.1 Å². The maximum absolute atomic E-state index is 11.5. The van der Waals surface area contributed by atoms with Crippen LogP contribution in [-0.2, 0) is 16.1 Å². The highest BCUT2D eigenvalue weighted by atomic mass is 35.5. The molecule has 0 aliphatic carbocycles. The lowest BCUT2D eigenvalue weighted by atomic mass is 10.2. The normalized spacial score (nSPS) is 18.8. The van der Waals surface area contributed by atoms with Gasteiger partial charge in [0.05, 0.1) is 13.0 Å². The number of benzene rings is 1. The number of hydrogen-bond acceptors (Lipinski definition) is 3. The fourth-order valence-corrected chi connectivity index (χ4v) is 2.07. The van der Waals surface area contributed by atoms with Crippen molar-refractivity contribution in [1.82, 2.24) is 4.90 Å². The van der Waals surface area contributed by atoms with Crippen molar-refractivity contribution >= 4 is 23.7 Å². The van der Waals surface area contributed by atoms with Gasteiger partial charge < -0.3 is 14.7 Å². The van der Waals surface area contributed by atoms with Gasteiger partial charge in [0, 0.05) is 11.6 Å². The highest BCUT2D eigenvalue weighted by molar-refractivity contribution is 6.30. The first-order valence-corrected chi connectivity index (χ1v) is 5.84. The summed E-state index contributed by atoms with van der Waals surface area (Å²) in [4.78, 5) is 23.5. The van der Waals surface area contributed by atoms with Gasteiger partial charge in [0.2, 0.25) is 0 Å². The van der Waals surface area contributed by atoms with E-state index in [2.05, 4.69) is 0 Å². The number of carboxylic acid groups (broad SMARTS) is 1. The summed E-state index contributed by atoms with van der Waals surface area (Å²) < 4.78 is 4.96. The topological polar surface area (TPSA) is 66.8 Å². The van der Waals surface area contributed by atoms with Gasteiger partial charge in [0.1, 0.15) is 6.10 Å². The van der Waals surface area contributed by atoms with Crippen molar-refractivity contribution in [2.75, 3.05) is 6.54 Å². The van der Waals surface area contributed by atoms with E-state index in [-0.39, 0.29) is 13.0 Å². The maximum Gasteiger partial charge on any atom is 0.410 e. The van der Waals surface area contributed by atoms with E-state index in [1.807, 2.05) is 6.07 Å². The van der Waals surface area contributed by atoms with Gasteiger partial charge in [-0.2, -0.15) is 0 Å². The summed E-state index contributed by atoms with van der Waals surface area (Å²) in [6.07, 6.45) is -1.23. The molecule has 1 N–H and O–H groups in total. The molecule has 0 radical (unpaired) electrons. The predicted molar refractivity (Wildman–Crippen MR) is 64.4 cm³/mol. The van der Waals surface area contributed by atoms with Crippen molar-refractivity contribution in [3.05, 3.63) is 34.9 Å². The molecule has 1 aromatic carbocycles. The Morgan fingerprint density at radius 3 is 3.00 bits per heavy atom. The third-order valence-electron chi connectivity index (χ3n) is 2.61. The molecule has 6 heteroatoms. The average Bonchev–Trinajstić information content (AvgIpc) is 2.58. The molecular formula is C12H12ClNO4. The van der Waals surface area contributed by atoms with E-state index in [1.165, 1.54) is 4.90 Å². The van der Waals surface area contributed by atoms with Gasteiger partial charge in [0.25, 0.3) is 0 Å². The molecule has 1 aromatic rings. The number of halogens is 1. The molecule has 0 spiro atoms. The second-order valence-corrected chi connectivity index (χ2v) is 4.55. The van der Waals surface area contributed by atoms with Crippen LogP contribution in [0.5, 0.6) is 0 Å². The number of carbonyl (C=O) groups excluding carboxylic acids is 1. The zero-order valence-electron chi connectivity index (χ0n) is 9.51. The summed E-state index contributed by atoms with van der Waals surface area (Å²) in [5, 5.41) is 9.24. The second-order valence-electron chi connectivity index (χ2n) is 4.11. The van der Waals surface area contributed by atoms with Crippen LogP contribution in [0.1, 0.15) is 12.0 Å². The van der Waals surface area contributed by atoms with Crippen LogP contribution in [0.4, 0.5) is 4.79 Å². The first kappa shape index (κ1) is 12.7. The molecule has 0 saturated carbocycles. The van der Waals surface area contributed by atoms with Crippen LogP contribution in [0.25, 0.3) is 0 Å². The molecule has 1 fully saturated rings. The van der Waals surface area contributed by atoms with Gasteiger partial charge in [-0.1, -0.05) is 23.7 Å². The Bertz CT molecular complexity index is 477. The second kappa shape index (κ2) is 5.27. The standard InChI is InChI=1S/C12H12ClNO4/c13-9-3-1-2-8(4-9)6-14-7-10(5-11(15)16)18-12(14)17/h1-4,10H,5-7H2,(H,15,16). The van der Waals surface area contributed by atoms with Crippen LogP contribution in [0, 0.1) is 0 Å². The van der Waals surface area contributed by atoms with Crippen molar-refractivity contribution in [3.63, 3.8) is 0 Å². The fourth-order valence-electron chi connectivity index (χ4n) is 1.86. The number of rotatable bonds is 4. The Morgan fingerprint density at radius 1 is 1.56 bits per heavy atom. The number of nitrogens with zero attached hydrogens (tertiary/aromatic N) is 1. The van der Waals surface area contributed by atoms with Gasteiger partial charge in [-0.15, -0.1) is 0 Å². The van der Waals surface area contributed by atoms with Crippen molar-refractivity contribution in [3.8, 4) is 0 Å². The largest absolute Gasteiger partial charge is 0.481 e. The molecule has 1 aliphatic heterocycles. The number of hydrogen-bond donors (Lipinski definition) is 1. The lowest BCUT2D eigenvalue weighted by Gasteiger charge is -2.12. The van der Waals surface area contributed by atoms with E-state index >= 15 is 0 Å². The first-order valence-electron chi connectivity index (χ1n) is 5.46. The van der Waals surface area contributed by atoms with Crippen LogP contribution in [-0.4, -0.2) is 34.7 Å². The van der Waals surface area contributed by atoms with Crippen LogP contribution in [0.3, 0.4) is 0 Å². The fraction of sp³-hybridized carbons (Fsp3) is 0.333. The number of cyclic esters (lactones) is 1. The van der Waals surface area contributed by atoms with E-state index in [0.29, 0.717) is 11.6 Å². The molecule has 18 heavy (non-hydrogen) atoms. The average molecular weight is 270 g/mol. The minimum atomic E-state index is -0.975. The SMILES string of the molecule is O=C(O)CC1CN(Cc2cccc(Cl)c2)C(=O)O1. The van der Waals surface area contributed by atoms with Crippen LogP contribution >= 0.6 is 11.6 Å². The molecule has 1 amide bonds. The van der Waals surface area contributed by atoms with Gasteiger partial charge in [-0.25, -0.2) is 4.79 Å². The van der Waals surface area contributed by atoms with E-state index in [1.54, 1.807) is 18.2 Å². The number of carbonyl (C=O) groups is 2. The Morgan fingerprint density at radius 2 is 2.33 bits per heavy atom. The predicted octanol–water partition coefficient (Wildman–Crippen LogP) is 2.14. The minimum absolute atomic E-state index is 0.169. The highest BCUT2D eigenvalue weighted by Gasteiger charge is 2.32. The monoisotopic (exact) mass is 269 g/mol. The van der Waals surface area contributed by atoms with Crippen molar-refractivity contribution < 1.29 is 19.4 Å². The number of ether oxygens (including phenoxy) is 1. The maximum atomic E-state index is 11.5. The zero-order chi connectivity index (χ0) is 13.1. The molecule has 0 aromatic heterocycles. The van der Waals surface area contributed by atoms with E-state index in [9.17, 15) is 9.59 Å². The lowest BCUT2D eigenvalue weighted by molar-refractivity contribution is -0.138. The zero-order valence-corrected chi connectivity index (χ0v) is 10.3. The van der Waals surface area contributed by atoms with Gasteiger partial charge in [-0.3, -0.25) is 4.79 Å². The van der Waals surface area contributed by atoms with Gasteiger partial charge in [-0.05, 0) is 17.7 Å². The van der Waals surface area contributed by atoms with E-state index in [4.69, 9.17) is 21.4 Å². The van der Waals surface area contributed by atoms with Crippen molar-refractivity contribution in [1.29, 1.82) is 0 Å². The van der Waals surface area contributed by atoms with Crippen LogP contribution < -0.4 is 0 Å². The number of aliphatic carboxylic acids is 1. The van der Waals surface area contributed by atoms with Crippen molar-refractivity contribution in [2.24, 2.45) is 0 Å². The summed E-state index contributed by atoms with van der Waals surface area (Å²) in [5.41, 5.74) is 0.885. The summed E-state index contributed by atoms with van der Waals surface area (Å²) in [5.74, 6) is -0.975. The quantitative estimate of drug-likeness (QED) is 0.909.